The van der Waals surface area contributed by atoms with Crippen LogP contribution in [0, 0.1) is 23.7 Å². The second-order valence-electron chi connectivity index (χ2n) is 6.23. The Hall–Kier alpha value is -1.32. The third-order valence-electron chi connectivity index (χ3n) is 5.03. The number of carbonyl (C=O) groups excluding carboxylic acids is 1. The van der Waals surface area contributed by atoms with Gasteiger partial charge in [-0.25, -0.2) is 0 Å². The predicted molar refractivity (Wildman–Crippen MR) is 70.4 cm³/mol. The van der Waals surface area contributed by atoms with Gasteiger partial charge < -0.3 is 10.4 Å². The Bertz CT molecular complexity index is 418. The third kappa shape index (κ3) is 2.40. The molecule has 2 N–H and O–H groups in total. The molecule has 0 aromatic rings. The number of carbonyl (C=O) groups is 2. The summed E-state index contributed by atoms with van der Waals surface area (Å²) in [4.78, 5) is 23.6. The molecule has 0 spiro atoms. The van der Waals surface area contributed by atoms with E-state index in [1.807, 2.05) is 0 Å². The lowest BCUT2D eigenvalue weighted by molar-refractivity contribution is -0.144. The summed E-state index contributed by atoms with van der Waals surface area (Å²) in [5.41, 5.74) is 0. The number of hydrogen-bond donors (Lipinski definition) is 2. The summed E-state index contributed by atoms with van der Waals surface area (Å²) in [6.07, 6.45) is 9.90. The van der Waals surface area contributed by atoms with E-state index in [2.05, 4.69) is 17.5 Å². The summed E-state index contributed by atoms with van der Waals surface area (Å²) in [7, 11) is 0. The molecule has 3 aliphatic rings. The second-order valence-corrected chi connectivity index (χ2v) is 6.23. The number of amides is 1. The van der Waals surface area contributed by atoms with E-state index in [0.717, 1.165) is 32.1 Å². The van der Waals surface area contributed by atoms with Gasteiger partial charge in [0.15, 0.2) is 0 Å². The Morgan fingerprint density at radius 1 is 1.05 bits per heavy atom. The van der Waals surface area contributed by atoms with E-state index in [0.29, 0.717) is 18.3 Å². The summed E-state index contributed by atoms with van der Waals surface area (Å²) in [6.45, 7) is 0. The van der Waals surface area contributed by atoms with Crippen LogP contribution in [0.3, 0.4) is 0 Å². The lowest BCUT2D eigenvalue weighted by Crippen LogP contribution is -2.47. The zero-order chi connectivity index (χ0) is 13.4. The summed E-state index contributed by atoms with van der Waals surface area (Å²) >= 11 is 0. The van der Waals surface area contributed by atoms with Crippen LogP contribution in [-0.2, 0) is 9.59 Å². The first-order valence-electron chi connectivity index (χ1n) is 7.36. The van der Waals surface area contributed by atoms with Crippen molar-refractivity contribution in [3.8, 4) is 0 Å². The molecule has 104 valence electrons. The number of carboxylic acid groups (broad SMARTS) is 1. The Morgan fingerprint density at radius 3 is 2.47 bits per heavy atom. The van der Waals surface area contributed by atoms with Crippen molar-refractivity contribution < 1.29 is 14.7 Å². The highest BCUT2D eigenvalue weighted by molar-refractivity contribution is 5.81. The van der Waals surface area contributed by atoms with Gasteiger partial charge in [0.2, 0.25) is 5.91 Å². The first-order valence-corrected chi connectivity index (χ1v) is 7.36. The summed E-state index contributed by atoms with van der Waals surface area (Å²) < 4.78 is 0. The molecule has 1 amide bonds. The van der Waals surface area contributed by atoms with Crippen molar-refractivity contribution >= 4 is 11.9 Å². The van der Waals surface area contributed by atoms with Gasteiger partial charge in [-0.1, -0.05) is 25.0 Å². The van der Waals surface area contributed by atoms with Gasteiger partial charge >= 0.3 is 5.97 Å². The van der Waals surface area contributed by atoms with E-state index < -0.39 is 11.9 Å². The lowest BCUT2D eigenvalue weighted by Gasteiger charge is -2.31. The molecule has 3 aliphatic carbocycles. The van der Waals surface area contributed by atoms with Crippen LogP contribution in [0.2, 0.25) is 0 Å². The molecule has 0 aromatic heterocycles. The smallest absolute Gasteiger partial charge is 0.308 e. The van der Waals surface area contributed by atoms with Crippen LogP contribution in [0.4, 0.5) is 0 Å². The molecule has 4 nitrogen and oxygen atoms in total. The number of rotatable bonds is 3. The molecule has 3 rings (SSSR count). The third-order valence-corrected chi connectivity index (χ3v) is 5.03. The number of fused-ring (bicyclic) bond motifs is 2. The fourth-order valence-corrected chi connectivity index (χ4v) is 3.97. The molecule has 19 heavy (non-hydrogen) atoms. The van der Waals surface area contributed by atoms with E-state index in [1.165, 1.54) is 0 Å². The molecule has 0 radical (unpaired) electrons. The van der Waals surface area contributed by atoms with Crippen molar-refractivity contribution in [3.63, 3.8) is 0 Å². The van der Waals surface area contributed by atoms with E-state index in [4.69, 9.17) is 0 Å². The molecule has 0 heterocycles. The van der Waals surface area contributed by atoms with Crippen molar-refractivity contribution in [1.29, 1.82) is 0 Å². The molecule has 0 aliphatic heterocycles. The van der Waals surface area contributed by atoms with Crippen LogP contribution in [0.1, 0.15) is 38.5 Å². The van der Waals surface area contributed by atoms with Gasteiger partial charge in [-0.3, -0.25) is 9.59 Å². The van der Waals surface area contributed by atoms with Crippen molar-refractivity contribution in [1.82, 2.24) is 5.32 Å². The molecular formula is C15H21NO3. The Labute approximate surface area is 113 Å². The monoisotopic (exact) mass is 263 g/mol. The number of allylic oxidation sites excluding steroid dienone is 2. The van der Waals surface area contributed by atoms with Crippen molar-refractivity contribution in [3.05, 3.63) is 12.2 Å². The molecular weight excluding hydrogens is 242 g/mol. The molecule has 2 bridgehead atoms. The van der Waals surface area contributed by atoms with Gasteiger partial charge in [-0.05, 0) is 37.5 Å². The highest BCUT2D eigenvalue weighted by Gasteiger charge is 2.41. The SMILES string of the molecule is O=C(NC1CCCCC1C(=O)O)C1CC2C=CC1C2. The van der Waals surface area contributed by atoms with E-state index in [-0.39, 0.29) is 17.9 Å². The minimum atomic E-state index is -0.766. The molecule has 2 fully saturated rings. The fraction of sp³-hybridized carbons (Fsp3) is 0.733. The number of hydrogen-bond acceptors (Lipinski definition) is 2. The van der Waals surface area contributed by atoms with Crippen LogP contribution in [-0.4, -0.2) is 23.0 Å². The average Bonchev–Trinajstić information content (AvgIpc) is 3.01. The van der Waals surface area contributed by atoms with Crippen LogP contribution < -0.4 is 5.32 Å². The quantitative estimate of drug-likeness (QED) is 0.765. The molecule has 0 saturated heterocycles. The topological polar surface area (TPSA) is 66.4 Å². The highest BCUT2D eigenvalue weighted by atomic mass is 16.4. The first kappa shape index (κ1) is 12.7. The molecule has 5 atom stereocenters. The Balaban J connectivity index is 1.62. The van der Waals surface area contributed by atoms with Crippen molar-refractivity contribution in [2.24, 2.45) is 23.7 Å². The number of carboxylic acids is 1. The fourth-order valence-electron chi connectivity index (χ4n) is 3.97. The zero-order valence-corrected chi connectivity index (χ0v) is 11.0. The largest absolute Gasteiger partial charge is 0.481 e. The van der Waals surface area contributed by atoms with Crippen molar-refractivity contribution in [2.45, 2.75) is 44.6 Å². The summed E-state index contributed by atoms with van der Waals surface area (Å²) in [5, 5.41) is 12.3. The van der Waals surface area contributed by atoms with Gasteiger partial charge in [0.25, 0.3) is 0 Å². The first-order chi connectivity index (χ1) is 9.15. The number of aliphatic carboxylic acids is 1. The van der Waals surface area contributed by atoms with Gasteiger partial charge in [0.05, 0.1) is 5.92 Å². The van der Waals surface area contributed by atoms with Crippen molar-refractivity contribution in [2.75, 3.05) is 0 Å². The maximum atomic E-state index is 12.3. The number of nitrogens with one attached hydrogen (secondary N) is 1. The minimum Gasteiger partial charge on any atom is -0.481 e. The average molecular weight is 263 g/mol. The van der Waals surface area contributed by atoms with Crippen LogP contribution in [0.5, 0.6) is 0 Å². The second kappa shape index (κ2) is 4.99. The van der Waals surface area contributed by atoms with Crippen LogP contribution in [0.25, 0.3) is 0 Å². The summed E-state index contributed by atoms with van der Waals surface area (Å²) in [6, 6.07) is -0.165. The zero-order valence-electron chi connectivity index (χ0n) is 11.0. The Kier molecular flexibility index (Phi) is 3.33. The predicted octanol–water partition coefficient (Wildman–Crippen LogP) is 1.96. The van der Waals surface area contributed by atoms with Gasteiger partial charge in [0, 0.05) is 12.0 Å². The standard InChI is InChI=1S/C15H21NO3/c17-14(12-8-9-5-6-10(12)7-9)16-13-4-2-1-3-11(13)15(18)19/h5-6,9-13H,1-4,7-8H2,(H,16,17)(H,18,19). The molecule has 5 unspecified atom stereocenters. The van der Waals surface area contributed by atoms with Gasteiger partial charge in [-0.15, -0.1) is 0 Å². The van der Waals surface area contributed by atoms with E-state index in [1.54, 1.807) is 0 Å². The maximum absolute atomic E-state index is 12.3. The maximum Gasteiger partial charge on any atom is 0.308 e. The Morgan fingerprint density at radius 2 is 1.84 bits per heavy atom. The molecule has 2 saturated carbocycles. The lowest BCUT2D eigenvalue weighted by atomic mass is 9.83. The molecule has 4 heteroatoms. The van der Waals surface area contributed by atoms with Gasteiger partial charge in [-0.2, -0.15) is 0 Å². The van der Waals surface area contributed by atoms with Crippen LogP contribution in [0.15, 0.2) is 12.2 Å². The van der Waals surface area contributed by atoms with Gasteiger partial charge in [0.1, 0.15) is 0 Å². The minimum absolute atomic E-state index is 0.0753. The van der Waals surface area contributed by atoms with E-state index >= 15 is 0 Å². The van der Waals surface area contributed by atoms with E-state index in [9.17, 15) is 14.7 Å². The molecule has 0 aromatic carbocycles. The summed E-state index contributed by atoms with van der Waals surface area (Å²) in [5.74, 6) is -0.0507. The normalized spacial score (nSPS) is 40.3. The highest BCUT2D eigenvalue weighted by Crippen LogP contribution is 2.43. The van der Waals surface area contributed by atoms with Crippen LogP contribution >= 0.6 is 0 Å².